The first-order valence-corrected chi connectivity index (χ1v) is 9.34. The van der Waals surface area contributed by atoms with Gasteiger partial charge in [-0.05, 0) is 43.2 Å². The van der Waals surface area contributed by atoms with E-state index in [1.807, 2.05) is 26.0 Å². The number of fused-ring (bicyclic) bond motifs is 1. The van der Waals surface area contributed by atoms with Crippen LogP contribution in [0.25, 0.3) is 11.0 Å². The Balaban J connectivity index is 1.79. The van der Waals surface area contributed by atoms with Crippen LogP contribution in [0.4, 0.5) is 13.2 Å². The van der Waals surface area contributed by atoms with Crippen LogP contribution in [0.3, 0.4) is 0 Å². The number of amides is 1. The van der Waals surface area contributed by atoms with Crippen LogP contribution < -0.4 is 4.74 Å². The summed E-state index contributed by atoms with van der Waals surface area (Å²) in [5, 5.41) is 13.7. The van der Waals surface area contributed by atoms with Crippen LogP contribution in [0.2, 0.25) is 0 Å². The molecule has 0 aliphatic rings. The summed E-state index contributed by atoms with van der Waals surface area (Å²) < 4.78 is 46.2. The van der Waals surface area contributed by atoms with Crippen LogP contribution in [0.5, 0.6) is 5.88 Å². The van der Waals surface area contributed by atoms with Crippen LogP contribution in [0.15, 0.2) is 30.3 Å². The van der Waals surface area contributed by atoms with E-state index in [0.717, 1.165) is 11.3 Å². The van der Waals surface area contributed by atoms with Crippen molar-refractivity contribution in [3.05, 3.63) is 52.7 Å². The van der Waals surface area contributed by atoms with E-state index >= 15 is 0 Å². The van der Waals surface area contributed by atoms with Gasteiger partial charge in [-0.25, -0.2) is 9.67 Å². The molecule has 0 saturated heterocycles. The molecule has 0 fully saturated rings. The number of nitrogens with zero attached hydrogens (tertiary/aromatic N) is 5. The molecule has 0 spiro atoms. The lowest BCUT2D eigenvalue weighted by Crippen LogP contribution is -2.41. The molecule has 1 amide bonds. The van der Waals surface area contributed by atoms with Gasteiger partial charge < -0.3 is 9.64 Å². The molecule has 0 bridgehead atoms. The molecule has 0 saturated carbocycles. The van der Waals surface area contributed by atoms with Crippen molar-refractivity contribution in [3.63, 3.8) is 0 Å². The average molecular weight is 431 g/mol. The summed E-state index contributed by atoms with van der Waals surface area (Å²) in [5.41, 5.74) is 3.03. The molecule has 2 heterocycles. The van der Waals surface area contributed by atoms with Crippen molar-refractivity contribution in [2.75, 3.05) is 13.2 Å². The molecule has 0 aliphatic heterocycles. The van der Waals surface area contributed by atoms with Crippen molar-refractivity contribution in [2.45, 2.75) is 26.6 Å². The third kappa shape index (κ3) is 5.31. The second kappa shape index (κ2) is 8.63. The normalized spacial score (nSPS) is 11.4. The highest BCUT2D eigenvalue weighted by molar-refractivity contribution is 5.85. The molecule has 2 aromatic heterocycles. The van der Waals surface area contributed by atoms with E-state index in [4.69, 9.17) is 10.00 Å². The van der Waals surface area contributed by atoms with Gasteiger partial charge in [0.1, 0.15) is 6.54 Å². The number of pyridine rings is 1. The summed E-state index contributed by atoms with van der Waals surface area (Å²) in [6.45, 7) is 1.38. The van der Waals surface area contributed by atoms with Gasteiger partial charge in [-0.15, -0.1) is 5.10 Å². The van der Waals surface area contributed by atoms with Gasteiger partial charge in [0, 0.05) is 19.3 Å². The second-order valence-corrected chi connectivity index (χ2v) is 7.17. The highest BCUT2D eigenvalue weighted by Crippen LogP contribution is 2.27. The van der Waals surface area contributed by atoms with E-state index in [-0.39, 0.29) is 12.4 Å². The van der Waals surface area contributed by atoms with Crippen LogP contribution in [-0.2, 0) is 18.4 Å². The van der Waals surface area contributed by atoms with E-state index in [0.29, 0.717) is 27.1 Å². The van der Waals surface area contributed by atoms with Gasteiger partial charge >= 0.3 is 6.18 Å². The number of hydrogen-bond donors (Lipinski definition) is 0. The molecule has 3 rings (SSSR count). The minimum absolute atomic E-state index is 0.140. The topological polar surface area (TPSA) is 84.0 Å². The fourth-order valence-electron chi connectivity index (χ4n) is 3.23. The molecule has 1 aromatic carbocycles. The van der Waals surface area contributed by atoms with Crippen molar-refractivity contribution in [3.8, 4) is 11.9 Å². The van der Waals surface area contributed by atoms with Crippen molar-refractivity contribution in [1.82, 2.24) is 19.7 Å². The zero-order valence-electron chi connectivity index (χ0n) is 17.2. The van der Waals surface area contributed by atoms with Crippen LogP contribution >= 0.6 is 0 Å². The first-order valence-electron chi connectivity index (χ1n) is 9.34. The molecule has 0 N–H and O–H groups in total. The average Bonchev–Trinajstić information content (AvgIpc) is 3.01. The maximum Gasteiger partial charge on any atom is 0.406 e. The fraction of sp³-hybridized carbons (Fsp3) is 0.333. The van der Waals surface area contributed by atoms with Crippen molar-refractivity contribution in [2.24, 2.45) is 7.05 Å². The zero-order chi connectivity index (χ0) is 22.8. The number of benzene rings is 1. The number of halogens is 3. The maximum absolute atomic E-state index is 13.1. The van der Waals surface area contributed by atoms with E-state index in [1.54, 1.807) is 7.05 Å². The molecule has 0 unspecified atom stereocenters. The molecule has 10 heteroatoms. The number of carbonyl (C=O) groups excluding carboxylic acids is 1. The largest absolute Gasteiger partial charge is 0.466 e. The van der Waals surface area contributed by atoms with Crippen LogP contribution in [0, 0.1) is 25.2 Å². The van der Waals surface area contributed by atoms with E-state index in [2.05, 4.69) is 10.1 Å². The molecular formula is C21H20F3N5O2. The number of aryl methyl sites for hydroxylation is 3. The van der Waals surface area contributed by atoms with Gasteiger partial charge in [0.15, 0.2) is 12.3 Å². The Labute approximate surface area is 176 Å². The summed E-state index contributed by atoms with van der Waals surface area (Å²) in [6.07, 6.45) is -4.57. The third-order valence-corrected chi connectivity index (χ3v) is 4.60. The number of carbonyl (C=O) groups is 1. The monoisotopic (exact) mass is 431 g/mol. The summed E-state index contributed by atoms with van der Waals surface area (Å²) in [7, 11) is 1.67. The highest BCUT2D eigenvalue weighted by Gasteiger charge is 2.33. The Morgan fingerprint density at radius 3 is 2.55 bits per heavy atom. The number of ether oxygens (including phenoxy) is 1. The number of alkyl halides is 3. The Morgan fingerprint density at radius 1 is 1.26 bits per heavy atom. The second-order valence-electron chi connectivity index (χ2n) is 7.17. The number of hydrogen-bond acceptors (Lipinski definition) is 5. The smallest absolute Gasteiger partial charge is 0.406 e. The van der Waals surface area contributed by atoms with Gasteiger partial charge in [-0.2, -0.15) is 18.4 Å². The Hall–Kier alpha value is -3.61. The number of nitriles is 1. The zero-order valence-corrected chi connectivity index (χ0v) is 17.2. The standard InChI is InChI=1S/C21H20F3N5O2/c1-13-8-14(2)26-19-18(13)20(27-28(19)3)31-11-17(30)29(12-21(22,23)24)10-16-6-4-15(9-25)5-7-16/h4-8H,10-12H2,1-3H3. The minimum atomic E-state index is -4.57. The highest BCUT2D eigenvalue weighted by atomic mass is 19.4. The summed E-state index contributed by atoms with van der Waals surface area (Å²) in [5.74, 6) is -0.695. The summed E-state index contributed by atoms with van der Waals surface area (Å²) in [4.78, 5) is 17.7. The van der Waals surface area contributed by atoms with E-state index < -0.39 is 25.2 Å². The first kappa shape index (κ1) is 22.1. The fourth-order valence-corrected chi connectivity index (χ4v) is 3.23. The van der Waals surface area contributed by atoms with Crippen LogP contribution in [-0.4, -0.2) is 44.9 Å². The van der Waals surface area contributed by atoms with Gasteiger partial charge in [-0.3, -0.25) is 4.79 Å². The van der Waals surface area contributed by atoms with E-state index in [9.17, 15) is 18.0 Å². The molecule has 0 radical (unpaired) electrons. The summed E-state index contributed by atoms with van der Waals surface area (Å²) >= 11 is 0. The predicted octanol–water partition coefficient (Wildman–Crippen LogP) is 3.43. The molecule has 3 aromatic rings. The Kier molecular flexibility index (Phi) is 6.15. The quantitative estimate of drug-likeness (QED) is 0.597. The molecular weight excluding hydrogens is 411 g/mol. The van der Waals surface area contributed by atoms with Crippen molar-refractivity contribution >= 4 is 16.9 Å². The lowest BCUT2D eigenvalue weighted by Gasteiger charge is -2.24. The molecule has 162 valence electrons. The minimum Gasteiger partial charge on any atom is -0.466 e. The first-order chi connectivity index (χ1) is 14.6. The molecule has 7 nitrogen and oxygen atoms in total. The van der Waals surface area contributed by atoms with Gasteiger partial charge in [0.2, 0.25) is 5.88 Å². The Bertz CT molecular complexity index is 1150. The number of rotatable bonds is 6. The van der Waals surface area contributed by atoms with Gasteiger partial charge in [0.05, 0.1) is 17.0 Å². The third-order valence-electron chi connectivity index (χ3n) is 4.60. The van der Waals surface area contributed by atoms with Gasteiger partial charge in [0.25, 0.3) is 5.91 Å². The SMILES string of the molecule is Cc1cc(C)c2c(OCC(=O)N(Cc3ccc(C#N)cc3)CC(F)(F)F)nn(C)c2n1. The predicted molar refractivity (Wildman–Crippen MR) is 106 cm³/mol. The van der Waals surface area contributed by atoms with Crippen LogP contribution in [0.1, 0.15) is 22.4 Å². The lowest BCUT2D eigenvalue weighted by molar-refractivity contribution is -0.163. The van der Waals surface area contributed by atoms with Crippen molar-refractivity contribution < 1.29 is 22.7 Å². The maximum atomic E-state index is 13.1. The van der Waals surface area contributed by atoms with Crippen molar-refractivity contribution in [1.29, 1.82) is 5.26 Å². The van der Waals surface area contributed by atoms with Gasteiger partial charge in [-0.1, -0.05) is 12.1 Å². The molecule has 31 heavy (non-hydrogen) atoms. The van der Waals surface area contributed by atoms with E-state index in [1.165, 1.54) is 28.9 Å². The lowest BCUT2D eigenvalue weighted by atomic mass is 10.1. The summed E-state index contributed by atoms with van der Waals surface area (Å²) in [6, 6.07) is 9.77. The Morgan fingerprint density at radius 2 is 1.94 bits per heavy atom. The molecule has 0 atom stereocenters. The molecule has 0 aliphatic carbocycles. The number of aromatic nitrogens is 3.